The summed E-state index contributed by atoms with van der Waals surface area (Å²) in [4.78, 5) is 4.87. The number of nitrogens with one attached hydrogen (secondary N) is 1. The molecule has 30 heavy (non-hydrogen) atoms. The predicted octanol–water partition coefficient (Wildman–Crippen LogP) is 6.66. The third-order valence-corrected chi connectivity index (χ3v) is 5.16. The summed E-state index contributed by atoms with van der Waals surface area (Å²) in [6.07, 6.45) is -4.38. The van der Waals surface area contributed by atoms with Crippen molar-refractivity contribution in [3.05, 3.63) is 65.0 Å². The first-order valence-electron chi connectivity index (χ1n) is 9.01. The van der Waals surface area contributed by atoms with Gasteiger partial charge in [0.2, 0.25) is 0 Å². The molecule has 4 aromatic rings. The fourth-order valence-corrected chi connectivity index (χ4v) is 3.64. The second-order valence-electron chi connectivity index (χ2n) is 5.58. The second kappa shape index (κ2) is 10.8. The number of thiophene rings is 1. The molecular formula is C20H22F3N5S2. The minimum Gasteiger partial charge on any atom is -0.383 e. The first kappa shape index (κ1) is 23.4. The summed E-state index contributed by atoms with van der Waals surface area (Å²) >= 11 is 2.88. The first-order chi connectivity index (χ1) is 14.3. The van der Waals surface area contributed by atoms with E-state index < -0.39 is 11.9 Å². The molecule has 4 rings (SSSR count). The van der Waals surface area contributed by atoms with Crippen LogP contribution < -0.4 is 11.1 Å². The van der Waals surface area contributed by atoms with Gasteiger partial charge in [0.15, 0.2) is 10.8 Å². The molecule has 3 N–H and O–H groups in total. The Morgan fingerprint density at radius 2 is 1.73 bits per heavy atom. The number of aromatic nitrogens is 3. The lowest BCUT2D eigenvalue weighted by atomic mass is 10.3. The van der Waals surface area contributed by atoms with Gasteiger partial charge in [0.1, 0.15) is 5.82 Å². The molecule has 10 heteroatoms. The number of aryl methyl sites for hydroxylation is 1. The zero-order chi connectivity index (χ0) is 22.1. The molecule has 0 saturated heterocycles. The number of para-hydroxylation sites is 1. The highest BCUT2D eigenvalue weighted by Crippen LogP contribution is 2.32. The van der Waals surface area contributed by atoms with E-state index in [1.807, 2.05) is 54.9 Å². The smallest absolute Gasteiger partial charge is 0.383 e. The van der Waals surface area contributed by atoms with E-state index in [4.69, 9.17) is 5.73 Å². The standard InChI is InChI=1S/C9H7F3N2S.C9H9N3S.C2H6/c1-14-6(7-3-2-4-15-7)5-8(13-14)9(10,11)12;10-8-6-13-9(12-8)11-7-4-2-1-3-5-7;1-2/h2-5H,1H3;1-6H,10H2,(H,11,12);1-2H3. The van der Waals surface area contributed by atoms with Gasteiger partial charge in [-0.15, -0.1) is 22.7 Å². The van der Waals surface area contributed by atoms with Gasteiger partial charge in [0.25, 0.3) is 0 Å². The van der Waals surface area contributed by atoms with E-state index in [9.17, 15) is 13.2 Å². The number of anilines is 3. The van der Waals surface area contributed by atoms with E-state index in [0.29, 0.717) is 11.5 Å². The van der Waals surface area contributed by atoms with Crippen LogP contribution in [0.5, 0.6) is 0 Å². The van der Waals surface area contributed by atoms with Crippen LogP contribution in [0.25, 0.3) is 10.6 Å². The monoisotopic (exact) mass is 453 g/mol. The van der Waals surface area contributed by atoms with E-state index in [-0.39, 0.29) is 0 Å². The maximum Gasteiger partial charge on any atom is 0.435 e. The van der Waals surface area contributed by atoms with E-state index in [1.165, 1.54) is 34.4 Å². The van der Waals surface area contributed by atoms with Crippen LogP contribution in [-0.2, 0) is 13.2 Å². The van der Waals surface area contributed by atoms with Gasteiger partial charge < -0.3 is 11.1 Å². The minimum absolute atomic E-state index is 0.484. The fourth-order valence-electron chi connectivity index (χ4n) is 2.25. The van der Waals surface area contributed by atoms with Crippen molar-refractivity contribution in [3.63, 3.8) is 0 Å². The van der Waals surface area contributed by atoms with E-state index >= 15 is 0 Å². The van der Waals surface area contributed by atoms with Crippen molar-refractivity contribution in [1.82, 2.24) is 14.8 Å². The average Bonchev–Trinajstić information content (AvgIpc) is 3.46. The second-order valence-corrected chi connectivity index (χ2v) is 7.39. The Morgan fingerprint density at radius 1 is 1.03 bits per heavy atom. The molecule has 0 aliphatic rings. The topological polar surface area (TPSA) is 68.8 Å². The van der Waals surface area contributed by atoms with Crippen molar-refractivity contribution in [3.8, 4) is 10.6 Å². The summed E-state index contributed by atoms with van der Waals surface area (Å²) in [5.74, 6) is 0.559. The molecule has 0 unspecified atom stereocenters. The van der Waals surface area contributed by atoms with Gasteiger partial charge >= 0.3 is 6.18 Å². The van der Waals surface area contributed by atoms with Crippen LogP contribution in [0.15, 0.2) is 59.3 Å². The van der Waals surface area contributed by atoms with Crippen molar-refractivity contribution in [1.29, 1.82) is 0 Å². The van der Waals surface area contributed by atoms with E-state index in [0.717, 1.165) is 21.8 Å². The van der Waals surface area contributed by atoms with Gasteiger partial charge in [-0.05, 0) is 29.6 Å². The lowest BCUT2D eigenvalue weighted by Gasteiger charge is -1.99. The molecule has 0 amide bonds. The Kier molecular flexibility index (Phi) is 8.43. The lowest BCUT2D eigenvalue weighted by molar-refractivity contribution is -0.141. The molecule has 0 aliphatic heterocycles. The number of hydrogen-bond acceptors (Lipinski definition) is 6. The Balaban J connectivity index is 0.000000199. The number of rotatable bonds is 3. The highest BCUT2D eigenvalue weighted by atomic mass is 32.1. The van der Waals surface area contributed by atoms with E-state index in [2.05, 4.69) is 15.4 Å². The fraction of sp³-hybridized carbons (Fsp3) is 0.200. The van der Waals surface area contributed by atoms with Gasteiger partial charge in [-0.1, -0.05) is 38.1 Å². The van der Waals surface area contributed by atoms with Gasteiger partial charge in [0, 0.05) is 18.1 Å². The summed E-state index contributed by atoms with van der Waals surface area (Å²) in [5.41, 5.74) is 6.15. The first-order valence-corrected chi connectivity index (χ1v) is 10.8. The van der Waals surface area contributed by atoms with Crippen LogP contribution in [0.3, 0.4) is 0 Å². The zero-order valence-corrected chi connectivity index (χ0v) is 18.3. The average molecular weight is 454 g/mol. The molecule has 3 heterocycles. The Hall–Kier alpha value is -2.85. The molecule has 0 atom stereocenters. The van der Waals surface area contributed by atoms with Gasteiger partial charge in [-0.3, -0.25) is 4.68 Å². The Labute approximate surface area is 181 Å². The van der Waals surface area contributed by atoms with Crippen LogP contribution in [0, 0.1) is 0 Å². The number of hydrogen-bond donors (Lipinski definition) is 2. The molecule has 0 fully saturated rings. The molecular weight excluding hydrogens is 431 g/mol. The quantitative estimate of drug-likeness (QED) is 0.364. The van der Waals surface area contributed by atoms with Crippen LogP contribution in [0.1, 0.15) is 19.5 Å². The molecule has 5 nitrogen and oxygen atoms in total. The van der Waals surface area contributed by atoms with Gasteiger partial charge in [-0.2, -0.15) is 18.3 Å². The number of halogens is 3. The zero-order valence-electron chi connectivity index (χ0n) is 16.6. The molecule has 1 aromatic carbocycles. The molecule has 160 valence electrons. The lowest BCUT2D eigenvalue weighted by Crippen LogP contribution is -2.06. The maximum absolute atomic E-state index is 12.4. The number of nitrogen functional groups attached to an aromatic ring is 1. The SMILES string of the molecule is CC.Cn1nc(C(F)(F)F)cc1-c1cccs1.Nc1csc(Nc2ccccc2)n1. The van der Waals surface area contributed by atoms with Crippen LogP contribution in [-0.4, -0.2) is 14.8 Å². The van der Waals surface area contributed by atoms with E-state index in [1.54, 1.807) is 12.1 Å². The van der Waals surface area contributed by atoms with Crippen molar-refractivity contribution in [2.75, 3.05) is 11.1 Å². The van der Waals surface area contributed by atoms with Crippen molar-refractivity contribution in [2.45, 2.75) is 20.0 Å². The molecule has 0 saturated carbocycles. The molecule has 0 aliphatic carbocycles. The van der Waals surface area contributed by atoms with Crippen molar-refractivity contribution < 1.29 is 13.2 Å². The predicted molar refractivity (Wildman–Crippen MR) is 119 cm³/mol. The van der Waals surface area contributed by atoms with Crippen LogP contribution in [0.2, 0.25) is 0 Å². The summed E-state index contributed by atoms with van der Waals surface area (Å²) in [6.45, 7) is 4.00. The normalized spacial score (nSPS) is 10.5. The van der Waals surface area contributed by atoms with Crippen molar-refractivity contribution in [2.24, 2.45) is 7.05 Å². The summed E-state index contributed by atoms with van der Waals surface area (Å²) in [5, 5.41) is 11.0. The molecule has 0 radical (unpaired) electrons. The van der Waals surface area contributed by atoms with Crippen molar-refractivity contribution >= 4 is 39.3 Å². The third kappa shape index (κ3) is 6.60. The number of alkyl halides is 3. The number of benzene rings is 1. The molecule has 0 spiro atoms. The van der Waals surface area contributed by atoms with Crippen LogP contribution >= 0.6 is 22.7 Å². The maximum atomic E-state index is 12.4. The van der Waals surface area contributed by atoms with Crippen LogP contribution in [0.4, 0.5) is 29.8 Å². The third-order valence-electron chi connectivity index (χ3n) is 3.49. The Bertz CT molecular complexity index is 1010. The molecule has 3 aromatic heterocycles. The number of nitrogens with two attached hydrogens (primary N) is 1. The largest absolute Gasteiger partial charge is 0.435 e. The summed E-state index contributed by atoms with van der Waals surface area (Å²) < 4.78 is 38.3. The van der Waals surface area contributed by atoms with Gasteiger partial charge in [-0.25, -0.2) is 4.98 Å². The number of thiazole rings is 1. The Morgan fingerprint density at radius 3 is 2.23 bits per heavy atom. The minimum atomic E-state index is -4.38. The highest BCUT2D eigenvalue weighted by Gasteiger charge is 2.34. The summed E-state index contributed by atoms with van der Waals surface area (Å²) in [7, 11) is 1.50. The summed E-state index contributed by atoms with van der Waals surface area (Å²) in [6, 6.07) is 14.5. The molecule has 0 bridgehead atoms. The van der Waals surface area contributed by atoms with Gasteiger partial charge in [0.05, 0.1) is 10.6 Å². The highest BCUT2D eigenvalue weighted by molar-refractivity contribution is 7.14. The number of nitrogens with zero attached hydrogens (tertiary/aromatic N) is 3.